The standard InChI is InChI=1S/C15H22ClN3O2/c1-10(2)19-15(21)9-18-14(20)8-17-11(3)12-5-4-6-13(16)7-12/h4-7,10-11,17H,8-9H2,1-3H3,(H,18,20)(H,19,21)/p+1/t11-/m0/s1. The molecule has 2 amide bonds. The molecule has 0 aromatic heterocycles. The van der Waals surface area contributed by atoms with Crippen molar-refractivity contribution in [1.82, 2.24) is 10.6 Å². The summed E-state index contributed by atoms with van der Waals surface area (Å²) in [7, 11) is 0. The van der Waals surface area contributed by atoms with Crippen LogP contribution in [0.15, 0.2) is 24.3 Å². The van der Waals surface area contributed by atoms with Gasteiger partial charge in [0.05, 0.1) is 6.54 Å². The van der Waals surface area contributed by atoms with Gasteiger partial charge in [-0.2, -0.15) is 0 Å². The molecule has 0 radical (unpaired) electrons. The minimum Gasteiger partial charge on any atom is -0.352 e. The third-order valence-electron chi connectivity index (χ3n) is 2.93. The molecule has 4 N–H and O–H groups in total. The lowest BCUT2D eigenvalue weighted by atomic mass is 10.1. The first kappa shape index (κ1) is 17.5. The first-order valence-corrected chi connectivity index (χ1v) is 7.41. The quantitative estimate of drug-likeness (QED) is 0.690. The number of benzene rings is 1. The smallest absolute Gasteiger partial charge is 0.275 e. The van der Waals surface area contributed by atoms with Gasteiger partial charge in [0.1, 0.15) is 6.04 Å². The van der Waals surface area contributed by atoms with Gasteiger partial charge >= 0.3 is 0 Å². The Morgan fingerprint density at radius 2 is 1.95 bits per heavy atom. The molecule has 0 aliphatic heterocycles. The fourth-order valence-electron chi connectivity index (χ4n) is 1.83. The number of hydrogen-bond acceptors (Lipinski definition) is 2. The van der Waals surface area contributed by atoms with Crippen LogP contribution in [0.4, 0.5) is 0 Å². The molecule has 0 heterocycles. The van der Waals surface area contributed by atoms with Crippen molar-refractivity contribution in [3.8, 4) is 0 Å². The van der Waals surface area contributed by atoms with E-state index in [0.29, 0.717) is 5.02 Å². The highest BCUT2D eigenvalue weighted by molar-refractivity contribution is 6.30. The van der Waals surface area contributed by atoms with E-state index in [0.717, 1.165) is 5.56 Å². The summed E-state index contributed by atoms with van der Waals surface area (Å²) in [6.07, 6.45) is 0. The average molecular weight is 313 g/mol. The average Bonchev–Trinajstić information content (AvgIpc) is 2.41. The highest BCUT2D eigenvalue weighted by Crippen LogP contribution is 2.14. The summed E-state index contributed by atoms with van der Waals surface area (Å²) in [4.78, 5) is 23.1. The highest BCUT2D eigenvalue weighted by Gasteiger charge is 2.12. The van der Waals surface area contributed by atoms with E-state index in [2.05, 4.69) is 10.6 Å². The molecule has 1 atom stereocenters. The summed E-state index contributed by atoms with van der Waals surface area (Å²) < 4.78 is 0. The normalized spacial score (nSPS) is 12.0. The number of carbonyl (C=O) groups excluding carboxylic acids is 2. The molecule has 1 aromatic carbocycles. The maximum Gasteiger partial charge on any atom is 0.275 e. The Hall–Kier alpha value is -1.59. The molecule has 0 aliphatic carbocycles. The molecule has 0 aliphatic rings. The second kappa shape index (κ2) is 8.64. The number of rotatable bonds is 7. The number of carbonyl (C=O) groups is 2. The molecule has 0 saturated heterocycles. The van der Waals surface area contributed by atoms with Gasteiger partial charge in [-0.25, -0.2) is 0 Å². The van der Waals surface area contributed by atoms with Crippen molar-refractivity contribution in [3.63, 3.8) is 0 Å². The molecular weight excluding hydrogens is 290 g/mol. The molecule has 0 spiro atoms. The van der Waals surface area contributed by atoms with Gasteiger partial charge in [0.25, 0.3) is 5.91 Å². The van der Waals surface area contributed by atoms with Crippen LogP contribution in [0.1, 0.15) is 32.4 Å². The highest BCUT2D eigenvalue weighted by atomic mass is 35.5. The maximum absolute atomic E-state index is 11.7. The second-order valence-electron chi connectivity index (χ2n) is 5.28. The predicted molar refractivity (Wildman–Crippen MR) is 82.9 cm³/mol. The van der Waals surface area contributed by atoms with Gasteiger partial charge in [0.15, 0.2) is 6.54 Å². The summed E-state index contributed by atoms with van der Waals surface area (Å²) in [6, 6.07) is 7.76. The lowest BCUT2D eigenvalue weighted by molar-refractivity contribution is -0.682. The summed E-state index contributed by atoms with van der Waals surface area (Å²) >= 11 is 5.94. The van der Waals surface area contributed by atoms with Crippen LogP contribution in [0, 0.1) is 0 Å². The van der Waals surface area contributed by atoms with Crippen LogP contribution in [-0.4, -0.2) is 30.9 Å². The lowest BCUT2D eigenvalue weighted by Gasteiger charge is -2.12. The summed E-state index contributed by atoms with van der Waals surface area (Å²) in [5, 5.41) is 7.90. The van der Waals surface area contributed by atoms with Gasteiger partial charge in [0, 0.05) is 16.6 Å². The molecule has 5 nitrogen and oxygen atoms in total. The Balaban J connectivity index is 2.31. The van der Waals surface area contributed by atoms with Crippen LogP contribution in [0.25, 0.3) is 0 Å². The monoisotopic (exact) mass is 312 g/mol. The van der Waals surface area contributed by atoms with Gasteiger partial charge in [-0.1, -0.05) is 23.7 Å². The zero-order chi connectivity index (χ0) is 15.8. The number of quaternary nitrogens is 1. The molecule has 1 aromatic rings. The van der Waals surface area contributed by atoms with Crippen molar-refractivity contribution in [2.24, 2.45) is 0 Å². The van der Waals surface area contributed by atoms with Crippen molar-refractivity contribution in [2.45, 2.75) is 32.9 Å². The van der Waals surface area contributed by atoms with Crippen molar-refractivity contribution in [3.05, 3.63) is 34.9 Å². The zero-order valence-electron chi connectivity index (χ0n) is 12.7. The third-order valence-corrected chi connectivity index (χ3v) is 3.16. The number of nitrogens with two attached hydrogens (primary N) is 1. The Labute approximate surface area is 130 Å². The van der Waals surface area contributed by atoms with Crippen molar-refractivity contribution < 1.29 is 14.9 Å². The van der Waals surface area contributed by atoms with Crippen molar-refractivity contribution in [2.75, 3.05) is 13.1 Å². The lowest BCUT2D eigenvalue weighted by Crippen LogP contribution is -2.87. The molecule has 1 rings (SSSR count). The van der Waals surface area contributed by atoms with Crippen LogP contribution in [0.2, 0.25) is 5.02 Å². The third kappa shape index (κ3) is 7.11. The number of halogens is 1. The Kier molecular flexibility index (Phi) is 7.19. The first-order chi connectivity index (χ1) is 9.88. The Bertz CT molecular complexity index is 492. The van der Waals surface area contributed by atoms with Crippen LogP contribution in [0.5, 0.6) is 0 Å². The zero-order valence-corrected chi connectivity index (χ0v) is 13.4. The molecule has 116 valence electrons. The van der Waals surface area contributed by atoms with E-state index in [4.69, 9.17) is 11.6 Å². The molecule has 0 unspecified atom stereocenters. The first-order valence-electron chi connectivity index (χ1n) is 7.03. The van der Waals surface area contributed by atoms with Gasteiger partial charge in [-0.05, 0) is 32.9 Å². The van der Waals surface area contributed by atoms with E-state index in [1.807, 2.05) is 50.4 Å². The number of hydrogen-bond donors (Lipinski definition) is 3. The minimum absolute atomic E-state index is 0.0103. The van der Waals surface area contributed by atoms with E-state index >= 15 is 0 Å². The number of nitrogens with one attached hydrogen (secondary N) is 2. The molecule has 21 heavy (non-hydrogen) atoms. The van der Waals surface area contributed by atoms with Gasteiger partial charge in [-0.3, -0.25) is 9.59 Å². The van der Waals surface area contributed by atoms with Gasteiger partial charge in [0.2, 0.25) is 5.91 Å². The van der Waals surface area contributed by atoms with Crippen LogP contribution < -0.4 is 16.0 Å². The summed E-state index contributed by atoms with van der Waals surface area (Å²) in [5.74, 6) is -0.343. The Morgan fingerprint density at radius 3 is 2.57 bits per heavy atom. The maximum atomic E-state index is 11.7. The summed E-state index contributed by atoms with van der Waals surface area (Å²) in [6.45, 7) is 6.03. The van der Waals surface area contributed by atoms with E-state index in [-0.39, 0.29) is 37.0 Å². The fraction of sp³-hybridized carbons (Fsp3) is 0.467. The van der Waals surface area contributed by atoms with Crippen molar-refractivity contribution >= 4 is 23.4 Å². The largest absolute Gasteiger partial charge is 0.352 e. The second-order valence-corrected chi connectivity index (χ2v) is 5.72. The topological polar surface area (TPSA) is 74.8 Å². The van der Waals surface area contributed by atoms with E-state index < -0.39 is 0 Å². The molecule has 0 fully saturated rings. The van der Waals surface area contributed by atoms with E-state index in [1.165, 1.54) is 0 Å². The van der Waals surface area contributed by atoms with Gasteiger partial charge < -0.3 is 16.0 Å². The molecule has 6 heteroatoms. The van der Waals surface area contributed by atoms with E-state index in [1.54, 1.807) is 0 Å². The predicted octanol–water partition coefficient (Wildman–Crippen LogP) is 0.605. The SMILES string of the molecule is CC(C)NC(=O)CNC(=O)C[NH2+][C@@H](C)c1cccc(Cl)c1. The fourth-order valence-corrected chi connectivity index (χ4v) is 2.03. The van der Waals surface area contributed by atoms with Crippen LogP contribution in [0.3, 0.4) is 0 Å². The summed E-state index contributed by atoms with van der Waals surface area (Å²) in [5.41, 5.74) is 1.06. The molecular formula is C15H23ClN3O2+. The van der Waals surface area contributed by atoms with Crippen molar-refractivity contribution in [1.29, 1.82) is 0 Å². The van der Waals surface area contributed by atoms with E-state index in [9.17, 15) is 9.59 Å². The van der Waals surface area contributed by atoms with Crippen LogP contribution >= 0.6 is 11.6 Å². The van der Waals surface area contributed by atoms with Gasteiger partial charge in [-0.15, -0.1) is 0 Å². The minimum atomic E-state index is -0.179. The Morgan fingerprint density at radius 1 is 1.24 bits per heavy atom. The van der Waals surface area contributed by atoms with Crippen LogP contribution in [-0.2, 0) is 9.59 Å². The molecule has 0 saturated carbocycles. The number of amides is 2. The molecule has 0 bridgehead atoms.